The number of ether oxygens (including phenoxy) is 1. The minimum absolute atomic E-state index is 0.152. The molecule has 0 N–H and O–H groups in total. The first-order valence-electron chi connectivity index (χ1n) is 6.84. The first-order chi connectivity index (χ1) is 9.36. The van der Waals surface area contributed by atoms with E-state index in [9.17, 15) is 4.39 Å². The van der Waals surface area contributed by atoms with E-state index < -0.39 is 0 Å². The summed E-state index contributed by atoms with van der Waals surface area (Å²) in [6.07, 6.45) is 0. The van der Waals surface area contributed by atoms with Crippen LogP contribution >= 0.6 is 0 Å². The molecule has 1 nitrogen and oxygen atoms in total. The highest BCUT2D eigenvalue weighted by molar-refractivity contribution is 5.30. The Morgan fingerprint density at radius 3 is 2.20 bits per heavy atom. The third-order valence-electron chi connectivity index (χ3n) is 3.37. The summed E-state index contributed by atoms with van der Waals surface area (Å²) in [4.78, 5) is 0. The van der Waals surface area contributed by atoms with Crippen molar-refractivity contribution in [1.29, 1.82) is 0 Å². The van der Waals surface area contributed by atoms with Crippen molar-refractivity contribution in [3.8, 4) is 5.75 Å². The molecule has 0 spiro atoms. The second-order valence-electron chi connectivity index (χ2n) is 6.15. The van der Waals surface area contributed by atoms with E-state index in [-0.39, 0.29) is 11.2 Å². The Morgan fingerprint density at radius 1 is 1.00 bits per heavy atom. The molecule has 0 aromatic heterocycles. The number of aryl methyl sites for hydroxylation is 1. The zero-order chi connectivity index (χ0) is 14.8. The van der Waals surface area contributed by atoms with E-state index >= 15 is 0 Å². The molecule has 2 rings (SSSR count). The first kappa shape index (κ1) is 14.6. The first-order valence-corrected chi connectivity index (χ1v) is 6.84. The Hall–Kier alpha value is -1.83. The van der Waals surface area contributed by atoms with Gasteiger partial charge in [-0.1, -0.05) is 51.1 Å². The van der Waals surface area contributed by atoms with Crippen molar-refractivity contribution in [3.63, 3.8) is 0 Å². The van der Waals surface area contributed by atoms with Crippen LogP contribution in [0.5, 0.6) is 5.75 Å². The topological polar surface area (TPSA) is 9.23 Å². The lowest BCUT2D eigenvalue weighted by atomic mass is 9.87. The predicted octanol–water partition coefficient (Wildman–Crippen LogP) is 5.01. The summed E-state index contributed by atoms with van der Waals surface area (Å²) in [7, 11) is 0. The molecule has 0 aliphatic heterocycles. The fourth-order valence-electron chi connectivity index (χ4n) is 1.93. The molecule has 0 fully saturated rings. The van der Waals surface area contributed by atoms with Gasteiger partial charge in [-0.15, -0.1) is 0 Å². The Balaban J connectivity index is 2.02. The zero-order valence-corrected chi connectivity index (χ0v) is 12.5. The van der Waals surface area contributed by atoms with E-state index in [0.29, 0.717) is 17.9 Å². The van der Waals surface area contributed by atoms with Crippen LogP contribution in [0.25, 0.3) is 0 Å². The number of benzene rings is 2. The third kappa shape index (κ3) is 3.60. The molecule has 0 aliphatic carbocycles. The number of hydrogen-bond donors (Lipinski definition) is 0. The number of rotatable bonds is 3. The van der Waals surface area contributed by atoms with Gasteiger partial charge >= 0.3 is 0 Å². The van der Waals surface area contributed by atoms with Gasteiger partial charge in [0.2, 0.25) is 0 Å². The Kier molecular flexibility index (Phi) is 4.12. The van der Waals surface area contributed by atoms with Crippen LogP contribution in [-0.4, -0.2) is 0 Å². The number of hydrogen-bond acceptors (Lipinski definition) is 1. The van der Waals surface area contributed by atoms with Crippen molar-refractivity contribution in [2.45, 2.75) is 39.7 Å². The normalized spacial score (nSPS) is 11.4. The average molecular weight is 272 g/mol. The molecule has 0 radical (unpaired) electrons. The van der Waals surface area contributed by atoms with Crippen LogP contribution in [0.1, 0.15) is 37.5 Å². The van der Waals surface area contributed by atoms with E-state index in [1.165, 1.54) is 11.6 Å². The van der Waals surface area contributed by atoms with Gasteiger partial charge in [0.05, 0.1) is 0 Å². The van der Waals surface area contributed by atoms with Gasteiger partial charge in [0, 0.05) is 6.07 Å². The monoisotopic (exact) mass is 272 g/mol. The molecule has 0 aliphatic rings. The quantitative estimate of drug-likeness (QED) is 0.763. The van der Waals surface area contributed by atoms with E-state index in [1.54, 1.807) is 19.1 Å². The van der Waals surface area contributed by atoms with Gasteiger partial charge in [-0.05, 0) is 35.1 Å². The summed E-state index contributed by atoms with van der Waals surface area (Å²) in [5.41, 5.74) is 3.16. The second-order valence-corrected chi connectivity index (χ2v) is 6.15. The summed E-state index contributed by atoms with van der Waals surface area (Å²) in [6, 6.07) is 13.3. The molecule has 20 heavy (non-hydrogen) atoms. The fourth-order valence-corrected chi connectivity index (χ4v) is 1.93. The van der Waals surface area contributed by atoms with Crippen molar-refractivity contribution >= 4 is 0 Å². The van der Waals surface area contributed by atoms with E-state index in [4.69, 9.17) is 4.74 Å². The summed E-state index contributed by atoms with van der Waals surface area (Å²) in [5.74, 6) is 0.332. The largest absolute Gasteiger partial charge is 0.489 e. The third-order valence-corrected chi connectivity index (χ3v) is 3.37. The van der Waals surface area contributed by atoms with Gasteiger partial charge in [0.15, 0.2) is 0 Å². The summed E-state index contributed by atoms with van der Waals surface area (Å²) < 4.78 is 19.0. The molecule has 2 aromatic carbocycles. The number of halogens is 1. The van der Waals surface area contributed by atoms with Crippen LogP contribution in [0.3, 0.4) is 0 Å². The van der Waals surface area contributed by atoms with Crippen LogP contribution in [0.2, 0.25) is 0 Å². The van der Waals surface area contributed by atoms with Crippen molar-refractivity contribution in [2.24, 2.45) is 0 Å². The van der Waals surface area contributed by atoms with E-state index in [0.717, 1.165) is 5.56 Å². The lowest BCUT2D eigenvalue weighted by molar-refractivity contribution is 0.304. The molecule has 106 valence electrons. The van der Waals surface area contributed by atoms with Crippen molar-refractivity contribution in [2.75, 3.05) is 0 Å². The molecule has 2 aromatic rings. The fraction of sp³-hybridized carbons (Fsp3) is 0.333. The SMILES string of the molecule is Cc1ccc(OCc2ccc(C(C)(C)C)cc2)cc1F. The van der Waals surface area contributed by atoms with Gasteiger partial charge in [-0.2, -0.15) is 0 Å². The standard InChI is InChI=1S/C18H21FO/c1-13-5-10-16(11-17(13)19)20-12-14-6-8-15(9-7-14)18(2,3)4/h5-11H,12H2,1-4H3. The van der Waals surface area contributed by atoms with Gasteiger partial charge < -0.3 is 4.74 Å². The molecule has 0 saturated carbocycles. The van der Waals surface area contributed by atoms with Crippen LogP contribution < -0.4 is 4.74 Å². The smallest absolute Gasteiger partial charge is 0.129 e. The molecule has 0 unspecified atom stereocenters. The lowest BCUT2D eigenvalue weighted by Gasteiger charge is -2.19. The van der Waals surface area contributed by atoms with Gasteiger partial charge in [-0.3, -0.25) is 0 Å². The second kappa shape index (κ2) is 5.66. The Morgan fingerprint density at radius 2 is 1.65 bits per heavy atom. The molecular formula is C18H21FO. The highest BCUT2D eigenvalue weighted by Gasteiger charge is 2.12. The average Bonchev–Trinajstić information content (AvgIpc) is 2.40. The van der Waals surface area contributed by atoms with Gasteiger partial charge in [0.25, 0.3) is 0 Å². The van der Waals surface area contributed by atoms with Crippen LogP contribution in [0.15, 0.2) is 42.5 Å². The van der Waals surface area contributed by atoms with Crippen molar-refractivity contribution in [3.05, 3.63) is 65.0 Å². The van der Waals surface area contributed by atoms with Crippen LogP contribution in [0, 0.1) is 12.7 Å². The predicted molar refractivity (Wildman–Crippen MR) is 80.6 cm³/mol. The molecule has 0 bridgehead atoms. The van der Waals surface area contributed by atoms with E-state index in [1.807, 2.05) is 0 Å². The summed E-state index contributed by atoms with van der Waals surface area (Å²) in [5, 5.41) is 0. The molecule has 0 saturated heterocycles. The van der Waals surface area contributed by atoms with Gasteiger partial charge in [-0.25, -0.2) is 4.39 Å². The van der Waals surface area contributed by atoms with Crippen LogP contribution in [0.4, 0.5) is 4.39 Å². The maximum atomic E-state index is 13.4. The molecule has 2 heteroatoms. The van der Waals surface area contributed by atoms with Crippen molar-refractivity contribution in [1.82, 2.24) is 0 Å². The molecular weight excluding hydrogens is 251 g/mol. The summed E-state index contributed by atoms with van der Waals surface area (Å²) in [6.45, 7) is 8.76. The Labute approximate surface area is 120 Å². The minimum Gasteiger partial charge on any atom is -0.489 e. The summed E-state index contributed by atoms with van der Waals surface area (Å²) >= 11 is 0. The highest BCUT2D eigenvalue weighted by atomic mass is 19.1. The van der Waals surface area contributed by atoms with Crippen molar-refractivity contribution < 1.29 is 9.13 Å². The highest BCUT2D eigenvalue weighted by Crippen LogP contribution is 2.23. The Bertz CT molecular complexity index is 579. The lowest BCUT2D eigenvalue weighted by Crippen LogP contribution is -2.10. The molecule has 0 amide bonds. The maximum absolute atomic E-state index is 13.4. The van der Waals surface area contributed by atoms with Gasteiger partial charge in [0.1, 0.15) is 18.2 Å². The zero-order valence-electron chi connectivity index (χ0n) is 12.5. The molecule has 0 atom stereocenters. The van der Waals surface area contributed by atoms with Crippen LogP contribution in [-0.2, 0) is 12.0 Å². The molecule has 0 heterocycles. The maximum Gasteiger partial charge on any atom is 0.129 e. The van der Waals surface area contributed by atoms with E-state index in [2.05, 4.69) is 45.0 Å². The minimum atomic E-state index is -0.231.